The van der Waals surface area contributed by atoms with E-state index in [2.05, 4.69) is 189 Å². The molecule has 1 N–H and O–H groups in total. The number of pyridine rings is 1. The molecule has 2 heterocycles. The predicted octanol–water partition coefficient (Wildman–Crippen LogP) is 16.1. The van der Waals surface area contributed by atoms with Crippen molar-refractivity contribution in [3.63, 3.8) is 0 Å². The summed E-state index contributed by atoms with van der Waals surface area (Å²) in [6.07, 6.45) is 1.91. The second-order valence-electron chi connectivity index (χ2n) is 20.8. The van der Waals surface area contributed by atoms with Crippen LogP contribution in [0.1, 0.15) is 117 Å². The third-order valence-electron chi connectivity index (χ3n) is 12.4. The smallest absolute Gasteiger partial charge is 0.149 e. The van der Waals surface area contributed by atoms with Crippen LogP contribution in [0.3, 0.4) is 0 Å². The van der Waals surface area contributed by atoms with Crippen molar-refractivity contribution in [2.24, 2.45) is 0 Å². The van der Waals surface area contributed by atoms with Gasteiger partial charge in [0.25, 0.3) is 0 Å². The van der Waals surface area contributed by atoms with Crippen LogP contribution in [0.15, 0.2) is 134 Å². The largest absolute Gasteiger partial charge is 0.507 e. The van der Waals surface area contributed by atoms with E-state index in [0.29, 0.717) is 11.4 Å². The molecule has 0 amide bonds. The number of aryl methyl sites for hydroxylation is 2. The average molecular weight is 831 g/mol. The van der Waals surface area contributed by atoms with E-state index in [-0.39, 0.29) is 22.0 Å². The van der Waals surface area contributed by atoms with Gasteiger partial charge in [0.05, 0.1) is 22.3 Å². The molecule has 4 heteroatoms. The molecule has 0 fully saturated rings. The number of rotatable bonds is 7. The number of imidazole rings is 1. The van der Waals surface area contributed by atoms with Crippen molar-refractivity contribution in [3.8, 4) is 67.5 Å². The fraction of sp³-hybridized carbons (Fsp3) is 0.288. The molecule has 0 saturated carbocycles. The summed E-state index contributed by atoms with van der Waals surface area (Å²) in [7, 11) is 0. The van der Waals surface area contributed by atoms with Crippen LogP contribution in [-0.4, -0.2) is 19.6 Å². The van der Waals surface area contributed by atoms with Crippen LogP contribution >= 0.6 is 0 Å². The zero-order chi connectivity index (χ0) is 46.1. The Kier molecular flexibility index (Phi) is 10.8. The lowest BCUT2D eigenvalue weighted by Gasteiger charge is -2.25. The van der Waals surface area contributed by atoms with Gasteiger partial charge in [-0.1, -0.05) is 155 Å². The van der Waals surface area contributed by atoms with Gasteiger partial charge in [0.1, 0.15) is 11.6 Å². The van der Waals surface area contributed by atoms with E-state index in [1.807, 2.05) is 39.1 Å². The molecule has 2 aromatic heterocycles. The molecule has 8 rings (SSSR count). The van der Waals surface area contributed by atoms with Crippen molar-refractivity contribution in [1.82, 2.24) is 14.5 Å². The first-order valence-corrected chi connectivity index (χ1v) is 22.3. The SMILES string of the molecule is [2H]C(C)(C)c1cc(-n2c(-c3cc(C)cc(C)c3O)nc3c(-c4cc(-c5cc(-c6ccc(C(C)(C)C)cc6)ccn5)cc(C(C)(C)C)c4)cccc32)ccc1-c1ccccc1C(C)(C)C. The maximum Gasteiger partial charge on any atom is 0.149 e. The van der Waals surface area contributed by atoms with E-state index in [1.54, 1.807) is 0 Å². The number of fused-ring (bicyclic) bond motifs is 1. The number of benzene rings is 6. The predicted molar refractivity (Wildman–Crippen MR) is 267 cm³/mol. The van der Waals surface area contributed by atoms with E-state index in [0.717, 1.165) is 78.0 Å². The van der Waals surface area contributed by atoms with Gasteiger partial charge in [0.2, 0.25) is 0 Å². The van der Waals surface area contributed by atoms with Crippen LogP contribution in [-0.2, 0) is 16.2 Å². The lowest BCUT2D eigenvalue weighted by atomic mass is 9.80. The van der Waals surface area contributed by atoms with Gasteiger partial charge in [-0.3, -0.25) is 9.55 Å². The van der Waals surface area contributed by atoms with Crippen molar-refractivity contribution >= 4 is 11.0 Å². The summed E-state index contributed by atoms with van der Waals surface area (Å²) < 4.78 is 11.7. The molecular weight excluding hydrogens is 767 g/mol. The van der Waals surface area contributed by atoms with Crippen molar-refractivity contribution in [2.45, 2.75) is 112 Å². The first kappa shape index (κ1) is 42.1. The summed E-state index contributed by atoms with van der Waals surface area (Å²) in [5.41, 5.74) is 18.0. The Labute approximate surface area is 377 Å². The minimum atomic E-state index is -0.925. The Morgan fingerprint density at radius 2 is 1.25 bits per heavy atom. The monoisotopic (exact) mass is 831 g/mol. The first-order chi connectivity index (χ1) is 30.0. The Balaban J connectivity index is 1.36. The molecule has 0 saturated heterocycles. The van der Waals surface area contributed by atoms with Crippen molar-refractivity contribution in [2.75, 3.05) is 0 Å². The minimum Gasteiger partial charge on any atom is -0.507 e. The molecule has 6 aromatic carbocycles. The van der Waals surface area contributed by atoms with Crippen molar-refractivity contribution < 1.29 is 6.48 Å². The normalized spacial score (nSPS) is 12.8. The number of phenolic OH excluding ortho intramolecular Hbond substituents is 1. The Morgan fingerprint density at radius 1 is 0.571 bits per heavy atom. The third kappa shape index (κ3) is 8.48. The second-order valence-corrected chi connectivity index (χ2v) is 20.8. The van der Waals surface area contributed by atoms with Crippen LogP contribution in [0.2, 0.25) is 0 Å². The van der Waals surface area contributed by atoms with Gasteiger partial charge in [-0.2, -0.15) is 0 Å². The highest BCUT2D eigenvalue weighted by Gasteiger charge is 2.25. The maximum atomic E-state index is 11.8. The van der Waals surface area contributed by atoms with Crippen molar-refractivity contribution in [3.05, 3.63) is 167 Å². The summed E-state index contributed by atoms with van der Waals surface area (Å²) in [5, 5.41) is 11.8. The lowest BCUT2D eigenvalue weighted by Crippen LogP contribution is -2.13. The molecule has 0 spiro atoms. The van der Waals surface area contributed by atoms with Crippen molar-refractivity contribution in [1.29, 1.82) is 0 Å². The minimum absolute atomic E-state index is 0.0792. The molecule has 0 unspecified atom stereocenters. The van der Waals surface area contributed by atoms with E-state index in [9.17, 15) is 6.48 Å². The highest BCUT2D eigenvalue weighted by molar-refractivity contribution is 5.97. The maximum absolute atomic E-state index is 11.8. The summed E-state index contributed by atoms with van der Waals surface area (Å²) in [5.74, 6) is -0.0793. The molecule has 8 aromatic rings. The van der Waals surface area contributed by atoms with Gasteiger partial charge in [-0.15, -0.1) is 0 Å². The number of hydrogen-bond acceptors (Lipinski definition) is 3. The molecule has 63 heavy (non-hydrogen) atoms. The molecule has 0 atom stereocenters. The van der Waals surface area contributed by atoms with E-state index >= 15 is 0 Å². The first-order valence-electron chi connectivity index (χ1n) is 22.8. The summed E-state index contributed by atoms with van der Waals surface area (Å²) in [6.45, 7) is 28.1. The average Bonchev–Trinajstić information content (AvgIpc) is 3.63. The van der Waals surface area contributed by atoms with Gasteiger partial charge in [0, 0.05) is 24.4 Å². The number of hydrogen-bond donors (Lipinski definition) is 1. The highest BCUT2D eigenvalue weighted by Crippen LogP contribution is 2.43. The highest BCUT2D eigenvalue weighted by atomic mass is 16.3. The molecule has 0 radical (unpaired) electrons. The number of phenols is 1. The van der Waals surface area contributed by atoms with E-state index < -0.39 is 5.89 Å². The molecule has 0 aliphatic rings. The van der Waals surface area contributed by atoms with E-state index in [4.69, 9.17) is 9.97 Å². The molecule has 0 bridgehead atoms. The summed E-state index contributed by atoms with van der Waals surface area (Å²) in [6, 6.07) is 45.4. The van der Waals surface area contributed by atoms with Gasteiger partial charge in [0.15, 0.2) is 0 Å². The number of aromatic hydroxyl groups is 1. The number of nitrogens with zero attached hydrogens (tertiary/aromatic N) is 3. The topological polar surface area (TPSA) is 50.9 Å². The van der Waals surface area contributed by atoms with Gasteiger partial charge in [-0.05, 0) is 146 Å². The van der Waals surface area contributed by atoms with Crippen LogP contribution in [0.4, 0.5) is 0 Å². The zero-order valence-electron chi connectivity index (χ0n) is 40.5. The van der Waals surface area contributed by atoms with Crippen LogP contribution < -0.4 is 0 Å². The Morgan fingerprint density at radius 3 is 1.94 bits per heavy atom. The fourth-order valence-electron chi connectivity index (χ4n) is 8.89. The molecule has 320 valence electrons. The quantitative estimate of drug-likeness (QED) is 0.174. The third-order valence-corrected chi connectivity index (χ3v) is 12.4. The van der Waals surface area contributed by atoms with Gasteiger partial charge >= 0.3 is 0 Å². The molecule has 0 aliphatic carbocycles. The van der Waals surface area contributed by atoms with Crippen LogP contribution in [0, 0.1) is 13.8 Å². The van der Waals surface area contributed by atoms with E-state index in [1.165, 1.54) is 16.7 Å². The van der Waals surface area contributed by atoms with Gasteiger partial charge < -0.3 is 5.11 Å². The zero-order valence-corrected chi connectivity index (χ0v) is 39.5. The summed E-state index contributed by atoms with van der Waals surface area (Å²) in [4.78, 5) is 10.5. The standard InChI is InChI=1S/C59H63N3O/c1-36(2)49-35-45(25-26-47(49)48-17-14-15-19-51(48)59(11,12)13)62-53-20-16-18-46(54(53)61-56(62)50-30-37(3)29-38(4)55(50)63)41-31-42(33-44(32-41)58(8,9)10)52-34-40(27-28-60-52)39-21-23-43(24-22-39)57(5,6)7/h14-36,63H,1-13H3/i36D. The number of aromatic nitrogens is 3. The Bertz CT molecular complexity index is 3050. The van der Waals surface area contributed by atoms with Crippen LogP contribution in [0.25, 0.3) is 72.7 Å². The van der Waals surface area contributed by atoms with Gasteiger partial charge in [-0.25, -0.2) is 4.98 Å². The molecule has 0 aliphatic heterocycles. The second kappa shape index (κ2) is 16.1. The number of para-hydroxylation sites is 1. The van der Waals surface area contributed by atoms with Crippen LogP contribution in [0.5, 0.6) is 5.75 Å². The Hall–Kier alpha value is -6.26. The fourth-order valence-corrected chi connectivity index (χ4v) is 8.89. The molecular formula is C59H63N3O. The molecule has 4 nitrogen and oxygen atoms in total. The summed E-state index contributed by atoms with van der Waals surface area (Å²) >= 11 is 0. The lowest BCUT2D eigenvalue weighted by molar-refractivity contribution is 0.472.